The summed E-state index contributed by atoms with van der Waals surface area (Å²) in [6.45, 7) is 0. The number of thioether (sulfide) groups is 1. The lowest BCUT2D eigenvalue weighted by Gasteiger charge is -2.18. The predicted molar refractivity (Wildman–Crippen MR) is 55.6 cm³/mol. The molecule has 90 valence electrons. The number of rotatable bonds is 1. The van der Waals surface area contributed by atoms with Gasteiger partial charge in [0.1, 0.15) is 0 Å². The highest BCUT2D eigenvalue weighted by atomic mass is 32.2. The van der Waals surface area contributed by atoms with Gasteiger partial charge in [0.2, 0.25) is 0 Å². The monoisotopic (exact) mass is 243 g/mol. The van der Waals surface area contributed by atoms with Crippen molar-refractivity contribution >= 4 is 17.7 Å². The number of hydrogen-bond acceptors (Lipinski definition) is 2. The van der Waals surface area contributed by atoms with Crippen LogP contribution in [0.3, 0.4) is 0 Å². The quantitative estimate of drug-likeness (QED) is 0.769. The number of amides is 1. The third-order valence-corrected chi connectivity index (χ3v) is 3.30. The largest absolute Gasteiger partial charge is 0.470 e. The molecule has 6 heteroatoms. The molecule has 0 bridgehead atoms. The van der Waals surface area contributed by atoms with Crippen molar-refractivity contribution in [3.63, 3.8) is 0 Å². The number of alkyl halides is 3. The average Bonchev–Trinajstić information content (AvgIpc) is 2.18. The Morgan fingerprint density at radius 3 is 1.87 bits per heavy atom. The van der Waals surface area contributed by atoms with Gasteiger partial charge in [-0.3, -0.25) is 4.79 Å². The van der Waals surface area contributed by atoms with Gasteiger partial charge in [0.05, 0.1) is 0 Å². The molecular formula is C9H16F3NOS. The molecule has 0 aliphatic heterocycles. The van der Waals surface area contributed by atoms with E-state index in [0.29, 0.717) is 0 Å². The highest BCUT2D eigenvalue weighted by Gasteiger charge is 2.35. The van der Waals surface area contributed by atoms with Gasteiger partial charge in [-0.1, -0.05) is 19.3 Å². The second-order valence-electron chi connectivity index (χ2n) is 3.36. The van der Waals surface area contributed by atoms with Crippen LogP contribution in [0.25, 0.3) is 0 Å². The van der Waals surface area contributed by atoms with Crippen molar-refractivity contribution in [3.8, 4) is 0 Å². The van der Waals surface area contributed by atoms with Gasteiger partial charge in [0.25, 0.3) is 0 Å². The molecule has 0 unspecified atom stereocenters. The normalized spacial score (nSPS) is 17.9. The number of primary amides is 1. The van der Waals surface area contributed by atoms with E-state index in [9.17, 15) is 13.2 Å². The highest BCUT2D eigenvalue weighted by Crippen LogP contribution is 2.25. The summed E-state index contributed by atoms with van der Waals surface area (Å²) in [5.74, 6) is -2.26. The minimum atomic E-state index is -4.86. The second-order valence-corrected chi connectivity index (χ2v) is 4.50. The van der Waals surface area contributed by atoms with Crippen LogP contribution in [0.5, 0.6) is 0 Å². The first-order chi connectivity index (χ1) is 6.88. The summed E-state index contributed by atoms with van der Waals surface area (Å²) < 4.78 is 32.1. The van der Waals surface area contributed by atoms with Crippen LogP contribution in [0.2, 0.25) is 0 Å². The Bertz CT molecular complexity index is 190. The van der Waals surface area contributed by atoms with Gasteiger partial charge in [0.15, 0.2) is 0 Å². The summed E-state index contributed by atoms with van der Waals surface area (Å²) in [5, 5.41) is 1.00. The molecule has 0 atom stereocenters. The molecule has 15 heavy (non-hydrogen) atoms. The third-order valence-electron chi connectivity index (χ3n) is 2.16. The van der Waals surface area contributed by atoms with E-state index in [1.165, 1.54) is 32.1 Å². The molecule has 0 heterocycles. The van der Waals surface area contributed by atoms with E-state index in [-0.39, 0.29) is 0 Å². The van der Waals surface area contributed by atoms with Gasteiger partial charge < -0.3 is 5.73 Å². The number of hydrogen-bond donors (Lipinski definition) is 1. The van der Waals surface area contributed by atoms with Crippen LogP contribution in [-0.4, -0.2) is 23.6 Å². The molecule has 0 aromatic carbocycles. The van der Waals surface area contributed by atoms with Gasteiger partial charge in [-0.2, -0.15) is 24.9 Å². The molecule has 0 aromatic heterocycles. The molecule has 0 spiro atoms. The summed E-state index contributed by atoms with van der Waals surface area (Å²) in [6, 6.07) is 0. The van der Waals surface area contributed by atoms with Crippen LogP contribution in [0.4, 0.5) is 13.2 Å². The fraction of sp³-hybridized carbons (Fsp3) is 0.889. The Morgan fingerprint density at radius 1 is 1.27 bits per heavy atom. The van der Waals surface area contributed by atoms with Gasteiger partial charge in [-0.25, -0.2) is 0 Å². The van der Waals surface area contributed by atoms with E-state index in [4.69, 9.17) is 4.79 Å². The molecule has 1 aliphatic carbocycles. The zero-order valence-corrected chi connectivity index (χ0v) is 9.46. The molecule has 1 aliphatic rings. The minimum Gasteiger partial charge on any atom is -0.362 e. The van der Waals surface area contributed by atoms with E-state index >= 15 is 0 Å². The Hall–Kier alpha value is -0.390. The van der Waals surface area contributed by atoms with Crippen molar-refractivity contribution < 1.29 is 18.0 Å². The number of carbonyl (C=O) groups is 1. The number of carbonyl (C=O) groups excluding carboxylic acids is 1. The van der Waals surface area contributed by atoms with E-state index in [2.05, 4.69) is 12.0 Å². The zero-order chi connectivity index (χ0) is 11.9. The van der Waals surface area contributed by atoms with Crippen LogP contribution in [0.15, 0.2) is 0 Å². The summed E-state index contributed by atoms with van der Waals surface area (Å²) in [7, 11) is 0. The lowest BCUT2D eigenvalue weighted by atomic mass is 10.0. The number of halogens is 3. The highest BCUT2D eigenvalue weighted by molar-refractivity contribution is 7.99. The maximum absolute atomic E-state index is 10.7. The Labute approximate surface area is 91.8 Å². The molecule has 1 rings (SSSR count). The molecule has 0 aromatic rings. The summed E-state index contributed by atoms with van der Waals surface area (Å²) in [5.41, 5.74) is 3.81. The first kappa shape index (κ1) is 14.6. The maximum atomic E-state index is 10.7. The van der Waals surface area contributed by atoms with Crippen LogP contribution in [0.1, 0.15) is 32.1 Å². The standard InChI is InChI=1S/C7H14S.C2H2F3NO/c1-8-7-5-3-2-4-6-7;3-2(4,5)1(6)7/h7H,2-6H2,1H3;(H2,6,7). The molecule has 1 amide bonds. The maximum Gasteiger partial charge on any atom is 0.470 e. The summed E-state index contributed by atoms with van der Waals surface area (Å²) >= 11 is 2.05. The van der Waals surface area contributed by atoms with E-state index < -0.39 is 12.1 Å². The van der Waals surface area contributed by atoms with Gasteiger partial charge in [-0.05, 0) is 19.1 Å². The Morgan fingerprint density at radius 2 is 1.67 bits per heavy atom. The van der Waals surface area contributed by atoms with Crippen molar-refractivity contribution in [1.29, 1.82) is 0 Å². The fourth-order valence-electron chi connectivity index (χ4n) is 1.30. The SMILES string of the molecule is CSC1CCCCC1.NC(=O)C(F)(F)F. The van der Waals surface area contributed by atoms with E-state index in [0.717, 1.165) is 5.25 Å². The summed E-state index contributed by atoms with van der Waals surface area (Å²) in [6.07, 6.45) is 4.76. The fourth-order valence-corrected chi connectivity index (χ4v) is 2.11. The molecular weight excluding hydrogens is 227 g/mol. The van der Waals surface area contributed by atoms with Gasteiger partial charge in [0, 0.05) is 5.25 Å². The molecule has 2 N–H and O–H groups in total. The van der Waals surface area contributed by atoms with Gasteiger partial charge >= 0.3 is 12.1 Å². The van der Waals surface area contributed by atoms with Crippen LogP contribution in [0, 0.1) is 0 Å². The van der Waals surface area contributed by atoms with Crippen LogP contribution in [-0.2, 0) is 4.79 Å². The Kier molecular flexibility index (Phi) is 6.80. The van der Waals surface area contributed by atoms with Crippen LogP contribution < -0.4 is 5.73 Å². The smallest absolute Gasteiger partial charge is 0.362 e. The zero-order valence-electron chi connectivity index (χ0n) is 8.64. The van der Waals surface area contributed by atoms with Crippen molar-refractivity contribution in [1.82, 2.24) is 0 Å². The summed E-state index contributed by atoms with van der Waals surface area (Å²) in [4.78, 5) is 9.12. The number of nitrogens with two attached hydrogens (primary N) is 1. The van der Waals surface area contributed by atoms with Crippen molar-refractivity contribution in [2.45, 2.75) is 43.5 Å². The minimum absolute atomic E-state index is 1.00. The van der Waals surface area contributed by atoms with Gasteiger partial charge in [-0.15, -0.1) is 0 Å². The second kappa shape index (κ2) is 6.98. The Balaban J connectivity index is 0.000000265. The third kappa shape index (κ3) is 7.53. The molecule has 1 saturated carbocycles. The topological polar surface area (TPSA) is 43.1 Å². The molecule has 1 fully saturated rings. The van der Waals surface area contributed by atoms with E-state index in [1.54, 1.807) is 0 Å². The van der Waals surface area contributed by atoms with Crippen molar-refractivity contribution in [2.75, 3.05) is 6.26 Å². The lowest BCUT2D eigenvalue weighted by molar-refractivity contribution is -0.169. The lowest BCUT2D eigenvalue weighted by Crippen LogP contribution is -2.30. The molecule has 0 saturated heterocycles. The molecule has 0 radical (unpaired) electrons. The van der Waals surface area contributed by atoms with Crippen molar-refractivity contribution in [2.24, 2.45) is 5.73 Å². The molecule has 2 nitrogen and oxygen atoms in total. The first-order valence-corrected chi connectivity index (χ1v) is 6.06. The van der Waals surface area contributed by atoms with Crippen molar-refractivity contribution in [3.05, 3.63) is 0 Å². The predicted octanol–water partition coefficient (Wildman–Crippen LogP) is 2.72. The average molecular weight is 243 g/mol. The van der Waals surface area contributed by atoms with Crippen LogP contribution >= 0.6 is 11.8 Å². The van der Waals surface area contributed by atoms with E-state index in [1.807, 2.05) is 11.8 Å². The first-order valence-electron chi connectivity index (χ1n) is 4.77.